The average Bonchev–Trinajstić information content (AvgIpc) is 3.98. The van der Waals surface area contributed by atoms with Gasteiger partial charge in [0.15, 0.2) is 0 Å². The molecule has 5 aromatic heterocycles. The number of pyridine rings is 1. The fourth-order valence-corrected chi connectivity index (χ4v) is 9.05. The monoisotopic (exact) mass is 927 g/mol. The molecule has 0 N–H and O–H groups in total. The summed E-state index contributed by atoms with van der Waals surface area (Å²) < 4.78 is 17.7. The zero-order chi connectivity index (χ0) is 37.8. The molecule has 0 amide bonds. The van der Waals surface area contributed by atoms with E-state index < -0.39 is 0 Å². The van der Waals surface area contributed by atoms with Crippen LogP contribution in [0.15, 0.2) is 158 Å². The van der Waals surface area contributed by atoms with Gasteiger partial charge in [-0.3, -0.25) is 4.57 Å². The van der Waals surface area contributed by atoms with E-state index in [1.54, 1.807) is 0 Å². The predicted octanol–water partition coefficient (Wildman–Crippen LogP) is 10.9. The summed E-state index contributed by atoms with van der Waals surface area (Å²) in [4.78, 5) is 4.94. The van der Waals surface area contributed by atoms with Crippen LogP contribution in [0.2, 0.25) is 0 Å². The van der Waals surface area contributed by atoms with Gasteiger partial charge in [0, 0.05) is 85.4 Å². The maximum absolute atomic E-state index is 6.67. The van der Waals surface area contributed by atoms with Crippen LogP contribution in [0.5, 0.6) is 11.5 Å². The molecule has 58 heavy (non-hydrogen) atoms. The predicted molar refractivity (Wildman–Crippen MR) is 228 cm³/mol. The van der Waals surface area contributed by atoms with Crippen LogP contribution >= 0.6 is 0 Å². The van der Waals surface area contributed by atoms with Crippen LogP contribution in [0.3, 0.4) is 0 Å². The summed E-state index contributed by atoms with van der Waals surface area (Å²) in [5.74, 6) is 1.97. The molecule has 5 heterocycles. The van der Waals surface area contributed by atoms with E-state index in [1.807, 2.05) is 71.4 Å². The molecule has 0 saturated heterocycles. The van der Waals surface area contributed by atoms with Crippen LogP contribution in [0.4, 0.5) is 0 Å². The minimum Gasteiger partial charge on any atom is -0.510 e. The molecule has 0 aliphatic heterocycles. The fraction of sp³-hybridized carbons (Fsp3) is 0.0400. The van der Waals surface area contributed by atoms with Crippen LogP contribution < -0.4 is 9.30 Å². The molecule has 7 aromatic carbocycles. The second kappa shape index (κ2) is 13.1. The summed E-state index contributed by atoms with van der Waals surface area (Å²) in [7, 11) is 4.36. The molecule has 8 heteroatoms. The Morgan fingerprint density at radius 2 is 1.19 bits per heavy atom. The number of aromatic nitrogens is 6. The number of fused-ring (bicyclic) bond motifs is 13. The third-order valence-corrected chi connectivity index (χ3v) is 11.4. The zero-order valence-electron chi connectivity index (χ0n) is 31.4. The quantitative estimate of drug-likeness (QED) is 0.128. The largest absolute Gasteiger partial charge is 0.510 e. The van der Waals surface area contributed by atoms with Crippen molar-refractivity contribution in [2.45, 2.75) is 0 Å². The van der Waals surface area contributed by atoms with Crippen molar-refractivity contribution in [2.24, 2.45) is 14.1 Å². The van der Waals surface area contributed by atoms with Crippen LogP contribution in [-0.4, -0.2) is 23.3 Å². The maximum atomic E-state index is 6.67. The Bertz CT molecular complexity index is 3580. The Morgan fingerprint density at radius 3 is 1.97 bits per heavy atom. The fourth-order valence-electron chi connectivity index (χ4n) is 9.05. The first-order valence-electron chi connectivity index (χ1n) is 19.0. The molecule has 7 nitrogen and oxygen atoms in total. The van der Waals surface area contributed by atoms with Gasteiger partial charge < -0.3 is 23.0 Å². The number of aryl methyl sites for hydroxylation is 2. The van der Waals surface area contributed by atoms with Crippen LogP contribution in [0, 0.1) is 18.5 Å². The molecule has 0 aliphatic rings. The number of benzene rings is 7. The summed E-state index contributed by atoms with van der Waals surface area (Å²) in [5, 5.41) is 7.12. The summed E-state index contributed by atoms with van der Waals surface area (Å²) in [5.41, 5.74) is 10.6. The van der Waals surface area contributed by atoms with Crippen molar-refractivity contribution in [1.29, 1.82) is 0 Å². The van der Waals surface area contributed by atoms with E-state index in [-0.39, 0.29) is 21.1 Å². The Balaban J connectivity index is 0.00000385. The van der Waals surface area contributed by atoms with Crippen molar-refractivity contribution in [3.63, 3.8) is 0 Å². The molecule has 0 atom stereocenters. The van der Waals surface area contributed by atoms with Gasteiger partial charge in [-0.2, -0.15) is 18.2 Å². The molecule has 0 fully saturated rings. The Labute approximate surface area is 347 Å². The number of ether oxygens (including phenoxy) is 1. The van der Waals surface area contributed by atoms with Crippen LogP contribution in [0.25, 0.3) is 93.6 Å². The number of rotatable bonds is 5. The van der Waals surface area contributed by atoms with Gasteiger partial charge in [-0.25, -0.2) is 4.98 Å². The van der Waals surface area contributed by atoms with Crippen molar-refractivity contribution >= 4 is 76.5 Å². The molecule has 0 bridgehead atoms. The minimum atomic E-state index is 0. The van der Waals surface area contributed by atoms with Crippen molar-refractivity contribution in [3.05, 3.63) is 176 Å². The van der Waals surface area contributed by atoms with E-state index in [4.69, 9.17) is 9.72 Å². The van der Waals surface area contributed by atoms with Gasteiger partial charge in [-0.15, -0.1) is 29.7 Å². The molecule has 0 unspecified atom stereocenters. The summed E-state index contributed by atoms with van der Waals surface area (Å²) in [6.07, 6.45) is 5.41. The van der Waals surface area contributed by atoms with Gasteiger partial charge in [-0.1, -0.05) is 90.4 Å². The van der Waals surface area contributed by atoms with E-state index in [0.717, 1.165) is 50.2 Å². The number of hydrogen-bond donors (Lipinski definition) is 0. The molecule has 0 aliphatic carbocycles. The smallest absolute Gasteiger partial charge is 0.268 e. The normalized spacial score (nSPS) is 11.8. The number of nitrogens with zero attached hydrogens (tertiary/aromatic N) is 6. The number of imidazole rings is 1. The summed E-state index contributed by atoms with van der Waals surface area (Å²) >= 11 is 0. The van der Waals surface area contributed by atoms with E-state index in [9.17, 15) is 0 Å². The Morgan fingerprint density at radius 1 is 0.534 bits per heavy atom. The van der Waals surface area contributed by atoms with Crippen LogP contribution in [0.1, 0.15) is 0 Å². The standard InChI is InChI=1S/C50H32N6O.Pt/c1-52-39-21-8-6-19-36(39)45-46-38-27-26-35(57-34-18-14-17-33(29-34)55-31-54(32-15-4-3-5-16-32)41-23-10-11-24-42(41)55)30-43(38)56(44-25-12-13-28-51-44)50(46)49-47(48(45)52)37-20-7-9-22-40(37)53(49)2;/h3-28H,1-2H3;/q-2;. The number of para-hydroxylation sites is 5. The Kier molecular flexibility index (Phi) is 7.72. The van der Waals surface area contributed by atoms with Gasteiger partial charge in [0.25, 0.3) is 6.33 Å². The molecule has 0 saturated carbocycles. The van der Waals surface area contributed by atoms with E-state index in [2.05, 4.69) is 142 Å². The topological polar surface area (TPSA) is 45.7 Å². The maximum Gasteiger partial charge on any atom is 0.268 e. The molecule has 12 aromatic rings. The van der Waals surface area contributed by atoms with Gasteiger partial charge in [0.05, 0.1) is 33.3 Å². The summed E-state index contributed by atoms with van der Waals surface area (Å²) in [6.45, 7) is 0. The third-order valence-electron chi connectivity index (χ3n) is 11.4. The SMILES string of the molecule is Cn1c2ccccc2c2c3c4ccc(Oc5[c-]c(-[n+]6[c-]n(-c7ccccc7)c7ccccc76)ccc5)[c-]c4n(-c4ccccn4)c3c3c(c4ccccc4n3C)c21.[Pt]. The van der Waals surface area contributed by atoms with Crippen molar-refractivity contribution in [1.82, 2.24) is 23.3 Å². The zero-order valence-corrected chi connectivity index (χ0v) is 33.7. The average molecular weight is 928 g/mol. The first-order valence-corrected chi connectivity index (χ1v) is 19.0. The molecule has 0 spiro atoms. The third kappa shape index (κ3) is 4.83. The van der Waals surface area contributed by atoms with E-state index in [0.29, 0.717) is 11.5 Å². The first-order chi connectivity index (χ1) is 28.1. The van der Waals surface area contributed by atoms with Gasteiger partial charge >= 0.3 is 0 Å². The molecule has 12 rings (SSSR count). The van der Waals surface area contributed by atoms with Crippen molar-refractivity contribution in [2.75, 3.05) is 0 Å². The summed E-state index contributed by atoms with van der Waals surface area (Å²) in [6, 6.07) is 59.5. The van der Waals surface area contributed by atoms with Crippen LogP contribution in [-0.2, 0) is 35.2 Å². The second-order valence-electron chi connectivity index (χ2n) is 14.5. The molecular formula is C50H32N6OPt-2. The molecule has 280 valence electrons. The van der Waals surface area contributed by atoms with E-state index in [1.165, 1.54) is 43.5 Å². The molecule has 0 radical (unpaired) electrons. The first kappa shape index (κ1) is 34.3. The minimum absolute atomic E-state index is 0. The van der Waals surface area contributed by atoms with Crippen molar-refractivity contribution in [3.8, 4) is 28.7 Å². The van der Waals surface area contributed by atoms with Crippen molar-refractivity contribution < 1.29 is 30.4 Å². The second-order valence-corrected chi connectivity index (χ2v) is 14.5. The Hall–Kier alpha value is -6.95. The van der Waals surface area contributed by atoms with Gasteiger partial charge in [0.2, 0.25) is 0 Å². The van der Waals surface area contributed by atoms with E-state index >= 15 is 0 Å². The molecular weight excluding hydrogens is 896 g/mol. The van der Waals surface area contributed by atoms with Gasteiger partial charge in [0.1, 0.15) is 5.82 Å². The van der Waals surface area contributed by atoms with Gasteiger partial charge in [-0.05, 0) is 47.5 Å². The number of hydrogen-bond acceptors (Lipinski definition) is 2.